The summed E-state index contributed by atoms with van der Waals surface area (Å²) in [6, 6.07) is 9.81. The molecule has 2 aliphatic rings. The Kier molecular flexibility index (Phi) is 4.48. The Morgan fingerprint density at radius 2 is 1.68 bits per heavy atom. The molecular weight excluding hydrogens is 386 g/mol. The molecule has 0 saturated carbocycles. The Labute approximate surface area is 180 Å². The topological polar surface area (TPSA) is 92.4 Å². The van der Waals surface area contributed by atoms with E-state index < -0.39 is 5.41 Å². The van der Waals surface area contributed by atoms with Crippen molar-refractivity contribution in [1.82, 2.24) is 19.9 Å². The summed E-state index contributed by atoms with van der Waals surface area (Å²) >= 11 is 0. The second kappa shape index (κ2) is 7.21. The monoisotopic (exact) mass is 407 g/mol. The van der Waals surface area contributed by atoms with Crippen molar-refractivity contribution in [2.24, 2.45) is 11.8 Å². The number of rotatable bonds is 2. The summed E-state index contributed by atoms with van der Waals surface area (Å²) in [5.74, 6) is 0.425. The fraction of sp³-hybridized carbons (Fsp3) is 0.280. The molecule has 3 aromatic heterocycles. The third-order valence-electron chi connectivity index (χ3n) is 6.73. The summed E-state index contributed by atoms with van der Waals surface area (Å²) in [7, 11) is 0. The van der Waals surface area contributed by atoms with Crippen molar-refractivity contribution in [3.8, 4) is 28.7 Å². The predicted octanol–water partition coefficient (Wildman–Crippen LogP) is 4.09. The first-order valence-corrected chi connectivity index (χ1v) is 10.4. The summed E-state index contributed by atoms with van der Waals surface area (Å²) in [6.07, 6.45) is 10.5. The number of Topliss-reactive ketones (excluding diaryl/α,β-unsaturated/α-hetero) is 1. The van der Waals surface area contributed by atoms with Crippen LogP contribution < -0.4 is 0 Å². The first-order valence-electron chi connectivity index (χ1n) is 10.4. The number of hydrogen-bond acceptors (Lipinski definition) is 6. The number of pyridine rings is 2. The molecule has 0 saturated heterocycles. The van der Waals surface area contributed by atoms with E-state index in [1.165, 1.54) is 0 Å². The van der Waals surface area contributed by atoms with E-state index in [-0.39, 0.29) is 23.2 Å². The molecule has 0 aliphatic heterocycles. The molecule has 6 nitrogen and oxygen atoms in total. The number of hydrogen-bond donors (Lipinski definition) is 0. The van der Waals surface area contributed by atoms with Crippen LogP contribution >= 0.6 is 0 Å². The Morgan fingerprint density at radius 1 is 1.03 bits per heavy atom. The van der Waals surface area contributed by atoms with Gasteiger partial charge in [-0.05, 0) is 43.0 Å². The lowest BCUT2D eigenvalue weighted by atomic mass is 9.57. The van der Waals surface area contributed by atoms with E-state index in [0.29, 0.717) is 5.82 Å². The molecule has 31 heavy (non-hydrogen) atoms. The van der Waals surface area contributed by atoms with Crippen molar-refractivity contribution in [3.05, 3.63) is 72.0 Å². The average molecular weight is 407 g/mol. The number of allylic oxidation sites excluding steroid dienone is 2. The van der Waals surface area contributed by atoms with E-state index in [1.54, 1.807) is 24.8 Å². The van der Waals surface area contributed by atoms with Crippen LogP contribution in [0.15, 0.2) is 60.7 Å². The molecule has 152 valence electrons. The number of nitriles is 1. The molecule has 0 spiro atoms. The van der Waals surface area contributed by atoms with Gasteiger partial charge in [0.2, 0.25) is 0 Å². The summed E-state index contributed by atoms with van der Waals surface area (Å²) in [6.45, 7) is 4.05. The van der Waals surface area contributed by atoms with Crippen LogP contribution in [0.5, 0.6) is 0 Å². The number of carbonyl (C=O) groups excluding carboxylic acids is 1. The van der Waals surface area contributed by atoms with Crippen molar-refractivity contribution in [2.75, 3.05) is 0 Å². The van der Waals surface area contributed by atoms with Gasteiger partial charge in [-0.1, -0.05) is 19.9 Å². The second-order valence-electron chi connectivity index (χ2n) is 8.45. The highest BCUT2D eigenvalue weighted by Crippen LogP contribution is 2.50. The number of nitrogens with zero attached hydrogens (tertiary/aromatic N) is 5. The van der Waals surface area contributed by atoms with E-state index in [9.17, 15) is 10.1 Å². The molecule has 0 aromatic carbocycles. The summed E-state index contributed by atoms with van der Waals surface area (Å²) in [5.41, 5.74) is 4.45. The van der Waals surface area contributed by atoms with Gasteiger partial charge in [-0.3, -0.25) is 14.8 Å². The molecular formula is C25H21N5O. The Bertz CT molecular complexity index is 1250. The first kappa shape index (κ1) is 19.3. The maximum absolute atomic E-state index is 12.7. The van der Waals surface area contributed by atoms with Crippen LogP contribution in [0.3, 0.4) is 0 Å². The van der Waals surface area contributed by atoms with E-state index in [1.807, 2.05) is 37.3 Å². The Balaban J connectivity index is 1.81. The molecule has 0 amide bonds. The van der Waals surface area contributed by atoms with Gasteiger partial charge < -0.3 is 0 Å². The van der Waals surface area contributed by atoms with Crippen LogP contribution in [0.4, 0.5) is 0 Å². The van der Waals surface area contributed by atoms with Crippen molar-refractivity contribution >= 4 is 5.78 Å². The number of carbonyl (C=O) groups is 1. The molecule has 0 N–H and O–H groups in total. The number of aromatic nitrogens is 4. The van der Waals surface area contributed by atoms with Crippen molar-refractivity contribution in [2.45, 2.75) is 32.1 Å². The molecule has 3 aromatic rings. The van der Waals surface area contributed by atoms with Crippen LogP contribution in [-0.2, 0) is 16.6 Å². The summed E-state index contributed by atoms with van der Waals surface area (Å²) in [4.78, 5) is 30.9. The minimum absolute atomic E-state index is 0.0637. The molecule has 5 rings (SSSR count). The lowest BCUT2D eigenvalue weighted by Gasteiger charge is -2.45. The second-order valence-corrected chi connectivity index (χ2v) is 8.45. The third-order valence-corrected chi connectivity index (χ3v) is 6.73. The van der Waals surface area contributed by atoms with Crippen LogP contribution in [0, 0.1) is 23.2 Å². The standard InChI is InChI=1S/C25H21N5O/c1-15-20-4-3-19-21(16-5-9-27-10-6-16)29-24(17-7-11-28-12-8-17)30-23(19)25(20,2)13-18(14-26)22(15)31/h5-13,15,20H,3-4H2,1-2H3. The van der Waals surface area contributed by atoms with Crippen LogP contribution in [0.25, 0.3) is 22.6 Å². The molecule has 3 unspecified atom stereocenters. The minimum atomic E-state index is -0.515. The van der Waals surface area contributed by atoms with Gasteiger partial charge in [0.15, 0.2) is 11.6 Å². The summed E-state index contributed by atoms with van der Waals surface area (Å²) in [5, 5.41) is 9.61. The van der Waals surface area contributed by atoms with Crippen molar-refractivity contribution in [3.63, 3.8) is 0 Å². The normalized spacial score (nSPS) is 24.5. The lowest BCUT2D eigenvalue weighted by molar-refractivity contribution is -0.121. The van der Waals surface area contributed by atoms with Gasteiger partial charge in [0.1, 0.15) is 6.07 Å². The SMILES string of the molecule is CC1C(=O)C(C#N)=CC2(C)c3nc(-c4ccncc4)nc(-c4ccncc4)c3CCC12. The largest absolute Gasteiger partial charge is 0.293 e. The Morgan fingerprint density at radius 3 is 2.32 bits per heavy atom. The van der Waals surface area contributed by atoms with Gasteiger partial charge in [-0.25, -0.2) is 9.97 Å². The van der Waals surface area contributed by atoms with Crippen LogP contribution in [0.1, 0.15) is 31.5 Å². The van der Waals surface area contributed by atoms with Crippen LogP contribution in [-0.4, -0.2) is 25.7 Å². The first-order chi connectivity index (χ1) is 15.0. The smallest absolute Gasteiger partial charge is 0.176 e. The fourth-order valence-corrected chi connectivity index (χ4v) is 5.15. The molecule has 2 aliphatic carbocycles. The summed E-state index contributed by atoms with van der Waals surface area (Å²) < 4.78 is 0. The molecule has 3 atom stereocenters. The highest BCUT2D eigenvalue weighted by atomic mass is 16.1. The van der Waals surface area contributed by atoms with Gasteiger partial charge in [0.05, 0.1) is 17.0 Å². The van der Waals surface area contributed by atoms with E-state index >= 15 is 0 Å². The maximum Gasteiger partial charge on any atom is 0.176 e. The molecule has 3 heterocycles. The van der Waals surface area contributed by atoms with Gasteiger partial charge in [-0.15, -0.1) is 0 Å². The van der Waals surface area contributed by atoms with Gasteiger partial charge >= 0.3 is 0 Å². The lowest BCUT2D eigenvalue weighted by Crippen LogP contribution is -2.46. The predicted molar refractivity (Wildman–Crippen MR) is 116 cm³/mol. The average Bonchev–Trinajstić information content (AvgIpc) is 2.82. The molecule has 0 fully saturated rings. The van der Waals surface area contributed by atoms with Crippen molar-refractivity contribution in [1.29, 1.82) is 5.26 Å². The van der Waals surface area contributed by atoms with Crippen LogP contribution in [0.2, 0.25) is 0 Å². The van der Waals surface area contributed by atoms with E-state index in [0.717, 1.165) is 40.9 Å². The quantitative estimate of drug-likeness (QED) is 0.635. The van der Waals surface area contributed by atoms with Gasteiger partial charge in [-0.2, -0.15) is 5.26 Å². The minimum Gasteiger partial charge on any atom is -0.293 e. The molecule has 0 bridgehead atoms. The highest BCUT2D eigenvalue weighted by Gasteiger charge is 2.49. The van der Waals surface area contributed by atoms with E-state index in [2.05, 4.69) is 23.0 Å². The van der Waals surface area contributed by atoms with Gasteiger partial charge in [0.25, 0.3) is 0 Å². The number of fused-ring (bicyclic) bond motifs is 3. The van der Waals surface area contributed by atoms with Gasteiger partial charge in [0, 0.05) is 52.8 Å². The molecule has 6 heteroatoms. The zero-order chi connectivity index (χ0) is 21.6. The molecule has 0 radical (unpaired) electrons. The fourth-order valence-electron chi connectivity index (χ4n) is 5.15. The van der Waals surface area contributed by atoms with E-state index in [4.69, 9.17) is 9.97 Å². The maximum atomic E-state index is 12.7. The zero-order valence-electron chi connectivity index (χ0n) is 17.4. The highest BCUT2D eigenvalue weighted by molar-refractivity contribution is 6.02. The zero-order valence-corrected chi connectivity index (χ0v) is 17.4. The number of ketones is 1. The Hall–Kier alpha value is -3.72. The third kappa shape index (κ3) is 2.97. The van der Waals surface area contributed by atoms with Crippen molar-refractivity contribution < 1.29 is 4.79 Å².